The fraction of sp³-hybridized carbons (Fsp3) is 0.281. The summed E-state index contributed by atoms with van der Waals surface area (Å²) in [5, 5.41) is 8.32. The number of morpholine rings is 1. The third-order valence-corrected chi connectivity index (χ3v) is 7.33. The normalized spacial score (nSPS) is 19.9. The maximum Gasteiger partial charge on any atom is 0.258 e. The van der Waals surface area contributed by atoms with Crippen LogP contribution in [0.25, 0.3) is 16.5 Å². The standard InChI is InChI=1S/C32H33N5O3/c1-21-16-36(17-22(2)40-21)18-24-8-10-29-25(12-24)13-30(35-29)28-14-27(9-11-31(28)38)34-32(39)26-15-33-37(20-26)19-23-6-4-3-5-7-23/h3-10,12-15,20-22,35H,11,16-19H2,1-2H3,(H,34,39). The number of nitrogens with one attached hydrogen (secondary N) is 2. The minimum absolute atomic E-state index is 0.0109. The van der Waals surface area contributed by atoms with Crippen molar-refractivity contribution in [1.29, 1.82) is 0 Å². The second kappa shape index (κ2) is 11.1. The predicted octanol–water partition coefficient (Wildman–Crippen LogP) is 4.69. The molecule has 8 nitrogen and oxygen atoms in total. The lowest BCUT2D eigenvalue weighted by Gasteiger charge is -2.35. The van der Waals surface area contributed by atoms with Gasteiger partial charge < -0.3 is 15.0 Å². The molecule has 1 amide bonds. The number of allylic oxidation sites excluding steroid dienone is 3. The Morgan fingerprint density at radius 3 is 2.65 bits per heavy atom. The molecule has 2 aromatic heterocycles. The van der Waals surface area contributed by atoms with E-state index in [2.05, 4.69) is 52.3 Å². The number of benzene rings is 2. The Kier molecular flexibility index (Phi) is 7.19. The molecule has 0 bridgehead atoms. The van der Waals surface area contributed by atoms with E-state index in [0.717, 1.165) is 41.8 Å². The van der Waals surface area contributed by atoms with E-state index in [1.165, 1.54) is 5.56 Å². The number of H-pyrrole nitrogens is 1. The number of hydrogen-bond acceptors (Lipinski definition) is 5. The first kappa shape index (κ1) is 26.0. The van der Waals surface area contributed by atoms with Crippen molar-refractivity contribution in [2.75, 3.05) is 13.1 Å². The molecular weight excluding hydrogens is 502 g/mol. The number of aromatic amines is 1. The first-order valence-electron chi connectivity index (χ1n) is 13.7. The third-order valence-electron chi connectivity index (χ3n) is 7.33. The Hall–Kier alpha value is -4.27. The lowest BCUT2D eigenvalue weighted by Crippen LogP contribution is -2.44. The summed E-state index contributed by atoms with van der Waals surface area (Å²) in [6.07, 6.45) is 7.47. The molecular formula is C32H33N5O3. The number of nitrogens with zero attached hydrogens (tertiary/aromatic N) is 3. The van der Waals surface area contributed by atoms with Crippen LogP contribution in [0.1, 0.15) is 47.4 Å². The van der Waals surface area contributed by atoms with Crippen molar-refractivity contribution in [2.45, 2.75) is 45.6 Å². The van der Waals surface area contributed by atoms with Gasteiger partial charge in [-0.25, -0.2) is 0 Å². The number of hydrogen-bond donors (Lipinski definition) is 2. The van der Waals surface area contributed by atoms with Crippen molar-refractivity contribution < 1.29 is 14.3 Å². The Balaban J connectivity index is 1.15. The average molecular weight is 536 g/mol. The SMILES string of the molecule is CC1CN(Cc2ccc3[nH]c(C4=CC(NC(=O)c5cnn(Cc6ccccc6)c5)=CCC4=O)cc3c2)CC(C)O1. The van der Waals surface area contributed by atoms with Crippen LogP contribution in [-0.2, 0) is 22.6 Å². The number of carbonyl (C=O) groups excluding carboxylic acids is 2. The molecule has 40 heavy (non-hydrogen) atoms. The molecule has 1 aliphatic heterocycles. The molecule has 2 atom stereocenters. The van der Waals surface area contributed by atoms with Gasteiger partial charge >= 0.3 is 0 Å². The molecule has 2 aliphatic rings. The minimum atomic E-state index is -0.261. The highest BCUT2D eigenvalue weighted by Crippen LogP contribution is 2.27. The third kappa shape index (κ3) is 5.83. The van der Waals surface area contributed by atoms with Gasteiger partial charge in [-0.3, -0.25) is 19.2 Å². The monoisotopic (exact) mass is 535 g/mol. The van der Waals surface area contributed by atoms with Gasteiger partial charge in [0.2, 0.25) is 0 Å². The van der Waals surface area contributed by atoms with Crippen LogP contribution in [0.2, 0.25) is 0 Å². The number of ketones is 1. The van der Waals surface area contributed by atoms with Gasteiger partial charge in [0.25, 0.3) is 5.91 Å². The van der Waals surface area contributed by atoms with E-state index in [0.29, 0.717) is 23.4 Å². The van der Waals surface area contributed by atoms with Crippen LogP contribution in [0, 0.1) is 0 Å². The summed E-state index contributed by atoms with van der Waals surface area (Å²) in [4.78, 5) is 31.6. The number of fused-ring (bicyclic) bond motifs is 1. The van der Waals surface area contributed by atoms with E-state index >= 15 is 0 Å². The van der Waals surface area contributed by atoms with Crippen LogP contribution < -0.4 is 5.32 Å². The number of rotatable bonds is 7. The van der Waals surface area contributed by atoms with Gasteiger partial charge in [0.15, 0.2) is 5.78 Å². The molecule has 0 radical (unpaired) electrons. The molecule has 2 unspecified atom stereocenters. The van der Waals surface area contributed by atoms with Crippen molar-refractivity contribution in [1.82, 2.24) is 25.0 Å². The Morgan fingerprint density at radius 2 is 1.85 bits per heavy atom. The summed E-state index contributed by atoms with van der Waals surface area (Å²) in [5.41, 5.74) is 5.68. The highest BCUT2D eigenvalue weighted by atomic mass is 16.5. The molecule has 6 rings (SSSR count). The Bertz CT molecular complexity index is 1600. The molecule has 2 N–H and O–H groups in total. The molecule has 3 heterocycles. The summed E-state index contributed by atoms with van der Waals surface area (Å²) in [5.74, 6) is -0.250. The van der Waals surface area contributed by atoms with Crippen molar-refractivity contribution in [3.63, 3.8) is 0 Å². The zero-order valence-electron chi connectivity index (χ0n) is 22.8. The van der Waals surface area contributed by atoms with E-state index in [1.807, 2.05) is 36.4 Å². The maximum atomic E-state index is 12.9. The van der Waals surface area contributed by atoms with Gasteiger partial charge in [-0.2, -0.15) is 5.10 Å². The lowest BCUT2D eigenvalue weighted by atomic mass is 9.98. The van der Waals surface area contributed by atoms with E-state index < -0.39 is 0 Å². The summed E-state index contributed by atoms with van der Waals surface area (Å²) in [6, 6.07) is 18.4. The zero-order chi connectivity index (χ0) is 27.6. The van der Waals surface area contributed by atoms with Crippen LogP contribution >= 0.6 is 0 Å². The highest BCUT2D eigenvalue weighted by Gasteiger charge is 2.23. The van der Waals surface area contributed by atoms with Crippen molar-refractivity contribution in [3.8, 4) is 0 Å². The van der Waals surface area contributed by atoms with Crippen molar-refractivity contribution in [2.24, 2.45) is 0 Å². The van der Waals surface area contributed by atoms with Gasteiger partial charge in [0, 0.05) is 54.4 Å². The van der Waals surface area contributed by atoms with Gasteiger partial charge in [-0.15, -0.1) is 0 Å². The summed E-state index contributed by atoms with van der Waals surface area (Å²) < 4.78 is 7.61. The van der Waals surface area contributed by atoms with Gasteiger partial charge in [-0.1, -0.05) is 42.5 Å². The molecule has 1 saturated heterocycles. The van der Waals surface area contributed by atoms with E-state index in [1.54, 1.807) is 29.2 Å². The topological polar surface area (TPSA) is 92.3 Å². The zero-order valence-corrected chi connectivity index (χ0v) is 22.8. The smallest absolute Gasteiger partial charge is 0.258 e. The second-order valence-corrected chi connectivity index (χ2v) is 10.8. The molecule has 204 valence electrons. The molecule has 0 spiro atoms. The molecule has 0 saturated carbocycles. The van der Waals surface area contributed by atoms with E-state index in [4.69, 9.17) is 4.74 Å². The summed E-state index contributed by atoms with van der Waals surface area (Å²) in [7, 11) is 0. The van der Waals surface area contributed by atoms with E-state index in [9.17, 15) is 9.59 Å². The molecule has 1 fully saturated rings. The quantitative estimate of drug-likeness (QED) is 0.358. The van der Waals surface area contributed by atoms with Crippen molar-refractivity contribution in [3.05, 3.63) is 107 Å². The number of carbonyl (C=O) groups is 2. The van der Waals surface area contributed by atoms with Crippen LogP contribution in [0.4, 0.5) is 0 Å². The first-order valence-corrected chi connectivity index (χ1v) is 13.7. The first-order chi connectivity index (χ1) is 19.4. The van der Waals surface area contributed by atoms with Crippen LogP contribution in [0.3, 0.4) is 0 Å². The fourth-order valence-electron chi connectivity index (χ4n) is 5.56. The van der Waals surface area contributed by atoms with Crippen LogP contribution in [0.15, 0.2) is 84.8 Å². The lowest BCUT2D eigenvalue weighted by molar-refractivity contribution is -0.113. The highest BCUT2D eigenvalue weighted by molar-refractivity contribution is 6.23. The van der Waals surface area contributed by atoms with Gasteiger partial charge in [-0.05, 0) is 49.2 Å². The number of aromatic nitrogens is 3. The predicted molar refractivity (Wildman–Crippen MR) is 155 cm³/mol. The Morgan fingerprint density at radius 1 is 1.05 bits per heavy atom. The van der Waals surface area contributed by atoms with Crippen LogP contribution in [0.5, 0.6) is 0 Å². The number of Topliss-reactive ketones (excluding diaryl/α,β-unsaturated/α-hetero) is 1. The summed E-state index contributed by atoms with van der Waals surface area (Å²) >= 11 is 0. The summed E-state index contributed by atoms with van der Waals surface area (Å²) in [6.45, 7) is 7.50. The minimum Gasteiger partial charge on any atom is -0.373 e. The average Bonchev–Trinajstić information content (AvgIpc) is 3.57. The number of amides is 1. The number of ether oxygens (including phenoxy) is 1. The Labute approximate surface area is 233 Å². The van der Waals surface area contributed by atoms with Gasteiger partial charge in [0.05, 0.1) is 36.2 Å². The van der Waals surface area contributed by atoms with E-state index in [-0.39, 0.29) is 30.3 Å². The molecule has 8 heteroatoms. The van der Waals surface area contributed by atoms with Gasteiger partial charge in [0.1, 0.15) is 0 Å². The van der Waals surface area contributed by atoms with Crippen molar-refractivity contribution >= 4 is 28.2 Å². The molecule has 4 aromatic rings. The van der Waals surface area contributed by atoms with Crippen LogP contribution in [-0.4, -0.2) is 56.7 Å². The fourth-order valence-corrected chi connectivity index (χ4v) is 5.56. The maximum absolute atomic E-state index is 12.9. The second-order valence-electron chi connectivity index (χ2n) is 10.8. The molecule has 1 aliphatic carbocycles. The largest absolute Gasteiger partial charge is 0.373 e. The molecule has 2 aromatic carbocycles.